The van der Waals surface area contributed by atoms with Gasteiger partial charge in [-0.25, -0.2) is 16.8 Å². The van der Waals surface area contributed by atoms with Crippen molar-refractivity contribution in [2.45, 2.75) is 50.3 Å². The molecular weight excluding hydrogens is 527 g/mol. The fraction of sp³-hybridized carbons (Fsp3) is 0.273. The highest BCUT2D eigenvalue weighted by molar-refractivity contribution is 8.14. The Kier molecular flexibility index (Phi) is 7.64. The first kappa shape index (κ1) is 25.5. The molecule has 4 aromatic rings. The van der Waals surface area contributed by atoms with Crippen LogP contribution in [0.4, 0.5) is 0 Å². The molecule has 0 unspecified atom stereocenters. The smallest absolute Gasteiger partial charge is 0.207 e. The molecule has 0 atom stereocenters. The minimum Gasteiger partial charge on any atom is -0.207 e. The highest BCUT2D eigenvalue weighted by atomic mass is 35.7. The summed E-state index contributed by atoms with van der Waals surface area (Å²) in [6, 6.07) is 11.6. The third kappa shape index (κ3) is 5.32. The van der Waals surface area contributed by atoms with E-state index in [0.717, 1.165) is 41.1 Å². The lowest BCUT2D eigenvalue weighted by Gasteiger charge is -1.98. The van der Waals surface area contributed by atoms with E-state index in [1.165, 1.54) is 22.7 Å². The van der Waals surface area contributed by atoms with Gasteiger partial charge in [-0.2, -0.15) is 0 Å². The van der Waals surface area contributed by atoms with Crippen LogP contribution in [0.2, 0.25) is 0 Å². The molecule has 0 aliphatic carbocycles. The second-order valence-electron chi connectivity index (χ2n) is 7.29. The van der Waals surface area contributed by atoms with Crippen LogP contribution in [0.3, 0.4) is 0 Å². The molecule has 2 aromatic heterocycles. The topological polar surface area (TPSA) is 68.3 Å². The Balaban J connectivity index is 0.000000181. The van der Waals surface area contributed by atoms with E-state index in [1.54, 1.807) is 0 Å². The second kappa shape index (κ2) is 9.60. The summed E-state index contributed by atoms with van der Waals surface area (Å²) in [5, 5.41) is 1.49. The third-order valence-corrected chi connectivity index (χ3v) is 10.6. The van der Waals surface area contributed by atoms with Crippen molar-refractivity contribution in [3.63, 3.8) is 0 Å². The Morgan fingerprint density at radius 2 is 1.03 bits per heavy atom. The van der Waals surface area contributed by atoms with Crippen molar-refractivity contribution in [2.75, 3.05) is 0 Å². The monoisotopic (exact) mass is 548 g/mol. The van der Waals surface area contributed by atoms with Crippen LogP contribution in [0, 0.1) is 13.8 Å². The van der Waals surface area contributed by atoms with Gasteiger partial charge in [0.25, 0.3) is 18.1 Å². The van der Waals surface area contributed by atoms with Crippen LogP contribution in [0.5, 0.6) is 0 Å². The van der Waals surface area contributed by atoms with Crippen LogP contribution >= 0.6 is 44.0 Å². The van der Waals surface area contributed by atoms with Crippen LogP contribution in [-0.2, 0) is 30.9 Å². The van der Waals surface area contributed by atoms with Gasteiger partial charge in [-0.15, -0.1) is 22.7 Å². The number of halogens is 2. The summed E-state index contributed by atoms with van der Waals surface area (Å²) in [6.45, 7) is 7.74. The molecule has 172 valence electrons. The van der Waals surface area contributed by atoms with Crippen molar-refractivity contribution in [1.29, 1.82) is 0 Å². The van der Waals surface area contributed by atoms with Gasteiger partial charge in [0.2, 0.25) is 0 Å². The summed E-state index contributed by atoms with van der Waals surface area (Å²) >= 11 is 2.99. The van der Waals surface area contributed by atoms with Crippen LogP contribution < -0.4 is 0 Å². The molecule has 0 saturated carbocycles. The Morgan fingerprint density at radius 1 is 0.688 bits per heavy atom. The molecule has 32 heavy (non-hydrogen) atoms. The zero-order valence-corrected chi connectivity index (χ0v) is 22.7. The molecule has 0 saturated heterocycles. The van der Waals surface area contributed by atoms with Gasteiger partial charge in [0.15, 0.2) is 0 Å². The quantitative estimate of drug-likeness (QED) is 0.249. The van der Waals surface area contributed by atoms with Gasteiger partial charge < -0.3 is 0 Å². The van der Waals surface area contributed by atoms with E-state index >= 15 is 0 Å². The molecule has 0 N–H and O–H groups in total. The van der Waals surface area contributed by atoms with Gasteiger partial charge in [0.05, 0.1) is 0 Å². The van der Waals surface area contributed by atoms with Crippen LogP contribution in [0.25, 0.3) is 20.2 Å². The average molecular weight is 550 g/mol. The molecule has 4 nitrogen and oxygen atoms in total. The minimum atomic E-state index is -3.66. The normalized spacial score (nSPS) is 12.2. The van der Waals surface area contributed by atoms with Crippen molar-refractivity contribution < 1.29 is 16.8 Å². The number of thiophene rings is 2. The van der Waals surface area contributed by atoms with Gasteiger partial charge in [-0.1, -0.05) is 37.1 Å². The van der Waals surface area contributed by atoms with E-state index in [2.05, 4.69) is 0 Å². The fourth-order valence-corrected chi connectivity index (χ4v) is 9.58. The van der Waals surface area contributed by atoms with Crippen LogP contribution in [-0.4, -0.2) is 16.8 Å². The number of hydrogen-bond acceptors (Lipinski definition) is 6. The lowest BCUT2D eigenvalue weighted by Crippen LogP contribution is -1.93. The largest absolute Gasteiger partial charge is 0.263 e. The summed E-state index contributed by atoms with van der Waals surface area (Å²) in [5.41, 5.74) is 2.07. The average Bonchev–Trinajstić information content (AvgIpc) is 3.24. The van der Waals surface area contributed by atoms with E-state index in [4.69, 9.17) is 21.4 Å². The van der Waals surface area contributed by atoms with Crippen molar-refractivity contribution >= 4 is 82.3 Å². The van der Waals surface area contributed by atoms with E-state index in [-0.39, 0.29) is 0 Å². The van der Waals surface area contributed by atoms with Crippen molar-refractivity contribution in [3.8, 4) is 0 Å². The first-order valence-corrected chi connectivity index (χ1v) is 16.0. The molecule has 0 bridgehead atoms. The summed E-state index contributed by atoms with van der Waals surface area (Å²) < 4.78 is 48.2. The predicted molar refractivity (Wildman–Crippen MR) is 138 cm³/mol. The molecule has 0 aliphatic heterocycles. The van der Waals surface area contributed by atoms with E-state index in [1.807, 2.05) is 64.1 Å². The zero-order chi connectivity index (χ0) is 23.8. The lowest BCUT2D eigenvalue weighted by molar-refractivity contribution is 0.608. The fourth-order valence-electron chi connectivity index (χ4n) is 3.48. The Hall–Kier alpha value is -1.16. The van der Waals surface area contributed by atoms with Crippen LogP contribution in [0.15, 0.2) is 46.2 Å². The van der Waals surface area contributed by atoms with Gasteiger partial charge in [0, 0.05) is 51.3 Å². The number of hydrogen-bond donors (Lipinski definition) is 0. The zero-order valence-electron chi connectivity index (χ0n) is 17.9. The van der Waals surface area contributed by atoms with Gasteiger partial charge >= 0.3 is 0 Å². The molecule has 4 rings (SSSR count). The standard InChI is InChI=1S/2C11H11ClO2S2/c2*1-3-9-11(16(12,13)14)8-6-7(2)4-5-10(8)15-9/h2*4-6H,3H2,1-2H3. The molecule has 0 spiro atoms. The Labute approximate surface area is 205 Å². The molecule has 0 radical (unpaired) electrons. The molecule has 10 heteroatoms. The number of fused-ring (bicyclic) bond motifs is 2. The van der Waals surface area contributed by atoms with Crippen molar-refractivity contribution in [2.24, 2.45) is 0 Å². The third-order valence-electron chi connectivity index (χ3n) is 4.86. The maximum Gasteiger partial charge on any atom is 0.263 e. The maximum atomic E-state index is 11.6. The molecule has 2 heterocycles. The Morgan fingerprint density at radius 3 is 1.31 bits per heavy atom. The highest BCUT2D eigenvalue weighted by Gasteiger charge is 2.22. The van der Waals surface area contributed by atoms with Gasteiger partial charge in [-0.05, 0) is 51.0 Å². The Bertz CT molecular complexity index is 1400. The minimum absolute atomic E-state index is 0.292. The van der Waals surface area contributed by atoms with Crippen molar-refractivity contribution in [3.05, 3.63) is 57.3 Å². The van der Waals surface area contributed by atoms with Gasteiger partial charge in [0.1, 0.15) is 9.79 Å². The molecule has 0 fully saturated rings. The van der Waals surface area contributed by atoms with E-state index in [0.29, 0.717) is 22.6 Å². The SMILES string of the molecule is CCc1sc2ccc(C)cc2c1S(=O)(=O)Cl.CCc1sc2ccc(C)cc2c1S(=O)(=O)Cl. The van der Waals surface area contributed by atoms with E-state index in [9.17, 15) is 16.8 Å². The highest BCUT2D eigenvalue weighted by Crippen LogP contribution is 2.38. The molecule has 0 aliphatic rings. The number of rotatable bonds is 4. The first-order valence-electron chi connectivity index (χ1n) is 9.80. The predicted octanol–water partition coefficient (Wildman–Crippen LogP) is 7.40. The first-order chi connectivity index (χ1) is 14.9. The maximum absolute atomic E-state index is 11.6. The molecule has 0 amide bonds. The molecular formula is C22H22Cl2O4S4. The van der Waals surface area contributed by atoms with E-state index < -0.39 is 18.1 Å². The summed E-state index contributed by atoms with van der Waals surface area (Å²) in [4.78, 5) is 2.24. The van der Waals surface area contributed by atoms with Crippen LogP contribution in [0.1, 0.15) is 34.7 Å². The van der Waals surface area contributed by atoms with Crippen molar-refractivity contribution in [1.82, 2.24) is 0 Å². The number of benzene rings is 2. The number of aryl methyl sites for hydroxylation is 4. The van der Waals surface area contributed by atoms with Gasteiger partial charge in [-0.3, -0.25) is 0 Å². The molecule has 2 aromatic carbocycles. The summed E-state index contributed by atoms with van der Waals surface area (Å²) in [6.07, 6.45) is 1.36. The summed E-state index contributed by atoms with van der Waals surface area (Å²) in [7, 11) is 3.66. The summed E-state index contributed by atoms with van der Waals surface area (Å²) in [5.74, 6) is 0. The lowest BCUT2D eigenvalue weighted by atomic mass is 10.2. The second-order valence-corrected chi connectivity index (χ2v) is 14.6.